The highest BCUT2D eigenvalue weighted by Gasteiger charge is 2.30. The minimum Gasteiger partial charge on any atom is -0.378 e. The van der Waals surface area contributed by atoms with Crippen LogP contribution in [0, 0.1) is 10.6 Å². The van der Waals surface area contributed by atoms with Crippen LogP contribution in [0.2, 0.25) is 0 Å². The summed E-state index contributed by atoms with van der Waals surface area (Å²) < 4.78 is 8.77. The number of halogens is 1. The molecule has 2 saturated heterocycles. The van der Waals surface area contributed by atoms with E-state index in [0.29, 0.717) is 12.1 Å². The van der Waals surface area contributed by atoms with Gasteiger partial charge in [0.2, 0.25) is 0 Å². The van der Waals surface area contributed by atoms with Crippen LogP contribution in [0.3, 0.4) is 0 Å². The van der Waals surface area contributed by atoms with Gasteiger partial charge in [0.05, 0.1) is 31.5 Å². The Morgan fingerprint density at radius 2 is 2.00 bits per heavy atom. The van der Waals surface area contributed by atoms with Crippen LogP contribution >= 0.6 is 22.6 Å². The van der Waals surface area contributed by atoms with Crippen LogP contribution in [-0.2, 0) is 4.74 Å². The molecule has 0 saturated carbocycles. The van der Waals surface area contributed by atoms with Crippen LogP contribution < -0.4 is 0 Å². The molecule has 0 amide bonds. The van der Waals surface area contributed by atoms with Crippen molar-refractivity contribution < 1.29 is 4.74 Å². The van der Waals surface area contributed by atoms with Crippen LogP contribution in [0.1, 0.15) is 24.4 Å². The number of aryl methyl sites for hydroxylation is 1. The summed E-state index contributed by atoms with van der Waals surface area (Å²) in [6.45, 7) is 6.37. The van der Waals surface area contributed by atoms with Crippen LogP contribution in [0.5, 0.6) is 0 Å². The second-order valence-electron chi connectivity index (χ2n) is 5.02. The molecule has 4 nitrogen and oxygen atoms in total. The Morgan fingerprint density at radius 3 is 2.47 bits per heavy atom. The van der Waals surface area contributed by atoms with Gasteiger partial charge in [0.1, 0.15) is 3.70 Å². The molecule has 3 heterocycles. The van der Waals surface area contributed by atoms with E-state index in [-0.39, 0.29) is 0 Å². The van der Waals surface area contributed by atoms with E-state index in [1.165, 1.54) is 35.2 Å². The fourth-order valence-electron chi connectivity index (χ4n) is 2.62. The summed E-state index contributed by atoms with van der Waals surface area (Å²) in [4.78, 5) is 2.57. The Bertz CT molecular complexity index is 394. The molecule has 3 rings (SSSR count). The van der Waals surface area contributed by atoms with E-state index in [0.717, 1.165) is 13.2 Å². The predicted molar refractivity (Wildman–Crippen MR) is 74.1 cm³/mol. The van der Waals surface area contributed by atoms with Crippen molar-refractivity contribution >= 4 is 22.6 Å². The van der Waals surface area contributed by atoms with Gasteiger partial charge in [-0.05, 0) is 42.4 Å². The van der Waals surface area contributed by atoms with E-state index in [9.17, 15) is 0 Å². The molecule has 5 heteroatoms. The first-order valence-corrected chi connectivity index (χ1v) is 7.35. The maximum atomic E-state index is 5.26. The number of nitrogens with zero attached hydrogens (tertiary/aromatic N) is 3. The molecule has 1 aromatic rings. The lowest BCUT2D eigenvalue weighted by atomic mass is 10.0. The summed E-state index contributed by atoms with van der Waals surface area (Å²) in [5.41, 5.74) is 1.29. The number of aromatic nitrogens is 2. The summed E-state index contributed by atoms with van der Waals surface area (Å²) in [5.74, 6) is 0. The molecule has 0 atom stereocenters. The van der Waals surface area contributed by atoms with Crippen molar-refractivity contribution in [3.63, 3.8) is 0 Å². The van der Waals surface area contributed by atoms with Gasteiger partial charge in [-0.1, -0.05) is 0 Å². The average molecular weight is 347 g/mol. The molecule has 94 valence electrons. The topological polar surface area (TPSA) is 30.3 Å². The zero-order valence-electron chi connectivity index (χ0n) is 10.1. The number of piperidine rings is 1. The first-order valence-electron chi connectivity index (χ1n) is 6.27. The molecule has 2 aliphatic rings. The van der Waals surface area contributed by atoms with E-state index in [2.05, 4.69) is 44.2 Å². The Balaban J connectivity index is 1.62. The second-order valence-corrected chi connectivity index (χ2v) is 6.04. The maximum absolute atomic E-state index is 5.26. The molecule has 0 spiro atoms. The fraction of sp³-hybridized carbons (Fsp3) is 0.750. The van der Waals surface area contributed by atoms with Crippen LogP contribution in [0.15, 0.2) is 6.20 Å². The molecule has 2 aliphatic heterocycles. The van der Waals surface area contributed by atoms with Gasteiger partial charge in [0.25, 0.3) is 0 Å². The standard InChI is InChI=1S/C12H18IN3O/c1-9-6-14-16(12(9)13)10-2-4-15(5-3-10)11-7-17-8-11/h6,10-11H,2-5,7-8H2,1H3. The molecular weight excluding hydrogens is 329 g/mol. The van der Waals surface area contributed by atoms with Crippen molar-refractivity contribution in [3.05, 3.63) is 15.5 Å². The largest absolute Gasteiger partial charge is 0.378 e. The zero-order chi connectivity index (χ0) is 11.8. The third-order valence-corrected chi connectivity index (χ3v) is 5.23. The Labute approximate surface area is 115 Å². The number of hydrogen-bond donors (Lipinski definition) is 0. The van der Waals surface area contributed by atoms with Crippen LogP contribution in [0.25, 0.3) is 0 Å². The zero-order valence-corrected chi connectivity index (χ0v) is 12.3. The first-order chi connectivity index (χ1) is 8.25. The van der Waals surface area contributed by atoms with Crippen molar-refractivity contribution in [1.82, 2.24) is 14.7 Å². The lowest BCUT2D eigenvalue weighted by Crippen LogP contribution is -2.52. The highest BCUT2D eigenvalue weighted by Crippen LogP contribution is 2.27. The summed E-state index contributed by atoms with van der Waals surface area (Å²) in [7, 11) is 0. The summed E-state index contributed by atoms with van der Waals surface area (Å²) in [5, 5.41) is 4.51. The molecule has 17 heavy (non-hydrogen) atoms. The smallest absolute Gasteiger partial charge is 0.102 e. The summed E-state index contributed by atoms with van der Waals surface area (Å²) >= 11 is 2.41. The molecule has 0 unspecified atom stereocenters. The van der Waals surface area contributed by atoms with Gasteiger partial charge in [0, 0.05) is 18.7 Å². The highest BCUT2D eigenvalue weighted by atomic mass is 127. The van der Waals surface area contributed by atoms with Gasteiger partial charge in [-0.2, -0.15) is 5.10 Å². The Kier molecular flexibility index (Phi) is 3.40. The predicted octanol–water partition coefficient (Wildman–Crippen LogP) is 1.83. The van der Waals surface area contributed by atoms with E-state index in [1.807, 2.05) is 6.20 Å². The molecule has 0 radical (unpaired) electrons. The highest BCUT2D eigenvalue weighted by molar-refractivity contribution is 14.1. The molecule has 0 aliphatic carbocycles. The van der Waals surface area contributed by atoms with E-state index < -0.39 is 0 Å². The van der Waals surface area contributed by atoms with Crippen LogP contribution in [0.4, 0.5) is 0 Å². The monoisotopic (exact) mass is 347 g/mol. The van der Waals surface area contributed by atoms with Gasteiger partial charge in [-0.3, -0.25) is 9.58 Å². The molecular formula is C12H18IN3O. The van der Waals surface area contributed by atoms with Crippen molar-refractivity contribution in [3.8, 4) is 0 Å². The van der Waals surface area contributed by atoms with E-state index in [4.69, 9.17) is 4.74 Å². The number of likely N-dealkylation sites (tertiary alicyclic amines) is 1. The second kappa shape index (κ2) is 4.85. The van der Waals surface area contributed by atoms with Gasteiger partial charge in [-0.15, -0.1) is 0 Å². The number of ether oxygens (including phenoxy) is 1. The van der Waals surface area contributed by atoms with E-state index >= 15 is 0 Å². The lowest BCUT2D eigenvalue weighted by molar-refractivity contribution is -0.0735. The molecule has 0 N–H and O–H groups in total. The number of hydrogen-bond acceptors (Lipinski definition) is 3. The third-order valence-electron chi connectivity index (χ3n) is 3.88. The van der Waals surface area contributed by atoms with E-state index in [1.54, 1.807) is 0 Å². The average Bonchev–Trinajstić information content (AvgIpc) is 2.59. The van der Waals surface area contributed by atoms with Crippen LogP contribution in [-0.4, -0.2) is 47.0 Å². The maximum Gasteiger partial charge on any atom is 0.102 e. The Morgan fingerprint density at radius 1 is 1.29 bits per heavy atom. The number of rotatable bonds is 2. The minimum atomic E-state index is 0.591. The Hall–Kier alpha value is -0.140. The molecule has 0 aromatic carbocycles. The third kappa shape index (κ3) is 2.24. The van der Waals surface area contributed by atoms with Crippen molar-refractivity contribution in [1.29, 1.82) is 0 Å². The minimum absolute atomic E-state index is 0.591. The fourth-order valence-corrected chi connectivity index (χ4v) is 3.28. The van der Waals surface area contributed by atoms with Crippen molar-refractivity contribution in [2.45, 2.75) is 31.8 Å². The first kappa shape index (κ1) is 11.9. The van der Waals surface area contributed by atoms with Gasteiger partial charge in [-0.25, -0.2) is 0 Å². The van der Waals surface area contributed by atoms with Gasteiger partial charge in [0.15, 0.2) is 0 Å². The van der Waals surface area contributed by atoms with Gasteiger partial charge >= 0.3 is 0 Å². The molecule has 2 fully saturated rings. The summed E-state index contributed by atoms with van der Waals surface area (Å²) in [6.07, 6.45) is 4.41. The lowest BCUT2D eigenvalue weighted by Gasteiger charge is -2.41. The molecule has 1 aromatic heterocycles. The normalized spacial score (nSPS) is 23.9. The molecule has 0 bridgehead atoms. The van der Waals surface area contributed by atoms with Crippen molar-refractivity contribution in [2.75, 3.05) is 26.3 Å². The SMILES string of the molecule is Cc1cnn(C2CCN(C3COC3)CC2)c1I. The quantitative estimate of drug-likeness (QED) is 0.765. The van der Waals surface area contributed by atoms with Crippen molar-refractivity contribution in [2.24, 2.45) is 0 Å². The van der Waals surface area contributed by atoms with Gasteiger partial charge < -0.3 is 4.74 Å². The summed E-state index contributed by atoms with van der Waals surface area (Å²) in [6, 6.07) is 1.28.